The molecule has 1 aliphatic rings. The van der Waals surface area contributed by atoms with Crippen LogP contribution in [0.15, 0.2) is 24.3 Å². The molecular formula is C16H23N3O3. The van der Waals surface area contributed by atoms with E-state index in [2.05, 4.69) is 16.0 Å². The first kappa shape index (κ1) is 16.3. The topological polar surface area (TPSA) is 79.5 Å². The van der Waals surface area contributed by atoms with Gasteiger partial charge in [-0.05, 0) is 43.4 Å². The van der Waals surface area contributed by atoms with Gasteiger partial charge in [-0.1, -0.05) is 12.1 Å². The second-order valence-corrected chi connectivity index (χ2v) is 5.59. The van der Waals surface area contributed by atoms with Crippen LogP contribution in [0.3, 0.4) is 0 Å². The van der Waals surface area contributed by atoms with Gasteiger partial charge >= 0.3 is 6.03 Å². The van der Waals surface area contributed by atoms with Crippen LogP contribution < -0.4 is 16.0 Å². The van der Waals surface area contributed by atoms with Gasteiger partial charge < -0.3 is 15.4 Å². The molecule has 1 saturated carbocycles. The van der Waals surface area contributed by atoms with Crippen molar-refractivity contribution in [1.29, 1.82) is 0 Å². The van der Waals surface area contributed by atoms with Crippen LogP contribution in [0.2, 0.25) is 0 Å². The van der Waals surface area contributed by atoms with E-state index in [1.165, 1.54) is 19.9 Å². The van der Waals surface area contributed by atoms with Crippen LogP contribution in [0.1, 0.15) is 25.3 Å². The van der Waals surface area contributed by atoms with Crippen LogP contribution in [0.5, 0.6) is 0 Å². The molecule has 0 spiro atoms. The lowest BCUT2D eigenvalue weighted by Crippen LogP contribution is -2.44. The fourth-order valence-corrected chi connectivity index (χ4v) is 1.98. The van der Waals surface area contributed by atoms with Gasteiger partial charge in [0.15, 0.2) is 0 Å². The maximum absolute atomic E-state index is 11.8. The molecule has 22 heavy (non-hydrogen) atoms. The summed E-state index contributed by atoms with van der Waals surface area (Å²) in [5.74, 6) is 0.365. The molecule has 3 amide bonds. The number of urea groups is 1. The van der Waals surface area contributed by atoms with Crippen molar-refractivity contribution in [1.82, 2.24) is 10.6 Å². The minimum atomic E-state index is -0.514. The zero-order valence-corrected chi connectivity index (χ0v) is 13.0. The predicted octanol–water partition coefficient (Wildman–Crippen LogP) is 1.87. The SMILES string of the molecule is CNC(=O)NC(=O)C(C)Nc1cccc(COCC2CC2)c1. The number of imide groups is 1. The average molecular weight is 305 g/mol. The molecule has 0 aliphatic heterocycles. The van der Waals surface area contributed by atoms with Gasteiger partial charge in [-0.25, -0.2) is 4.79 Å². The maximum atomic E-state index is 11.8. The second kappa shape index (κ2) is 7.79. The summed E-state index contributed by atoms with van der Waals surface area (Å²) in [4.78, 5) is 22.9. The van der Waals surface area contributed by atoms with Gasteiger partial charge in [0.2, 0.25) is 5.91 Å². The van der Waals surface area contributed by atoms with Crippen molar-refractivity contribution in [3.05, 3.63) is 29.8 Å². The van der Waals surface area contributed by atoms with Crippen LogP contribution in [0.4, 0.5) is 10.5 Å². The molecule has 0 radical (unpaired) electrons. The average Bonchev–Trinajstić information content (AvgIpc) is 3.31. The van der Waals surface area contributed by atoms with Crippen LogP contribution in [0.25, 0.3) is 0 Å². The van der Waals surface area contributed by atoms with Gasteiger partial charge in [0, 0.05) is 19.3 Å². The summed E-state index contributed by atoms with van der Waals surface area (Å²) in [6, 6.07) is 6.72. The first-order valence-corrected chi connectivity index (χ1v) is 7.54. The predicted molar refractivity (Wildman–Crippen MR) is 84.5 cm³/mol. The molecule has 0 heterocycles. The number of anilines is 1. The molecule has 1 aromatic carbocycles. The monoisotopic (exact) mass is 305 g/mol. The summed E-state index contributed by atoms with van der Waals surface area (Å²) in [6.45, 7) is 3.10. The van der Waals surface area contributed by atoms with Crippen molar-refractivity contribution >= 4 is 17.6 Å². The highest BCUT2D eigenvalue weighted by Gasteiger charge is 2.21. The van der Waals surface area contributed by atoms with E-state index < -0.39 is 12.1 Å². The smallest absolute Gasteiger partial charge is 0.321 e. The number of hydrogen-bond acceptors (Lipinski definition) is 4. The summed E-state index contributed by atoms with van der Waals surface area (Å²) in [5, 5.41) is 7.66. The third kappa shape index (κ3) is 5.37. The summed E-state index contributed by atoms with van der Waals surface area (Å²) < 4.78 is 5.66. The number of hydrogen-bond donors (Lipinski definition) is 3. The van der Waals surface area contributed by atoms with Gasteiger partial charge in [-0.3, -0.25) is 10.1 Å². The summed E-state index contributed by atoms with van der Waals surface area (Å²) >= 11 is 0. The molecule has 1 unspecified atom stereocenters. The Morgan fingerprint density at radius 3 is 2.82 bits per heavy atom. The highest BCUT2D eigenvalue weighted by molar-refractivity contribution is 5.97. The number of carbonyl (C=O) groups is 2. The zero-order chi connectivity index (χ0) is 15.9. The highest BCUT2D eigenvalue weighted by atomic mass is 16.5. The van der Waals surface area contributed by atoms with E-state index in [4.69, 9.17) is 4.74 Å². The number of amides is 3. The van der Waals surface area contributed by atoms with E-state index in [1.54, 1.807) is 6.92 Å². The molecule has 3 N–H and O–H groups in total. The number of carbonyl (C=O) groups excluding carboxylic acids is 2. The normalized spacial score (nSPS) is 15.0. The Hall–Kier alpha value is -2.08. The zero-order valence-electron chi connectivity index (χ0n) is 13.0. The molecule has 6 heteroatoms. The standard InChI is InChI=1S/C16H23N3O3/c1-11(15(20)19-16(21)17-2)18-14-5-3-4-13(8-14)10-22-9-12-6-7-12/h3-5,8,11-12,18H,6-7,9-10H2,1-2H3,(H2,17,19,20,21). The van der Waals surface area contributed by atoms with Crippen molar-refractivity contribution in [2.45, 2.75) is 32.4 Å². The Balaban J connectivity index is 1.82. The molecule has 1 fully saturated rings. The van der Waals surface area contributed by atoms with E-state index in [9.17, 15) is 9.59 Å². The van der Waals surface area contributed by atoms with Crippen LogP contribution in [-0.2, 0) is 16.1 Å². The van der Waals surface area contributed by atoms with Crippen molar-refractivity contribution in [3.8, 4) is 0 Å². The molecule has 0 aromatic heterocycles. The fourth-order valence-electron chi connectivity index (χ4n) is 1.98. The third-order valence-electron chi connectivity index (χ3n) is 3.49. The van der Waals surface area contributed by atoms with E-state index >= 15 is 0 Å². The van der Waals surface area contributed by atoms with Crippen LogP contribution in [-0.4, -0.2) is 31.6 Å². The van der Waals surface area contributed by atoms with Gasteiger partial charge in [-0.15, -0.1) is 0 Å². The number of nitrogens with one attached hydrogen (secondary N) is 3. The van der Waals surface area contributed by atoms with Gasteiger partial charge in [0.25, 0.3) is 0 Å². The lowest BCUT2D eigenvalue weighted by atomic mass is 10.2. The summed E-state index contributed by atoms with van der Waals surface area (Å²) in [7, 11) is 1.46. The Morgan fingerprint density at radius 1 is 1.36 bits per heavy atom. The van der Waals surface area contributed by atoms with Crippen molar-refractivity contribution in [2.24, 2.45) is 5.92 Å². The first-order valence-electron chi connectivity index (χ1n) is 7.54. The van der Waals surface area contributed by atoms with E-state index in [-0.39, 0.29) is 5.91 Å². The number of benzene rings is 1. The molecule has 1 aliphatic carbocycles. The Morgan fingerprint density at radius 2 is 2.14 bits per heavy atom. The second-order valence-electron chi connectivity index (χ2n) is 5.59. The quantitative estimate of drug-likeness (QED) is 0.718. The molecule has 6 nitrogen and oxygen atoms in total. The number of rotatable bonds is 7. The lowest BCUT2D eigenvalue weighted by molar-refractivity contribution is -0.120. The van der Waals surface area contributed by atoms with Crippen LogP contribution in [0, 0.1) is 5.92 Å². The minimum Gasteiger partial charge on any atom is -0.376 e. The van der Waals surface area contributed by atoms with E-state index in [0.29, 0.717) is 6.61 Å². The molecule has 0 bridgehead atoms. The maximum Gasteiger partial charge on any atom is 0.321 e. The molecular weight excluding hydrogens is 282 g/mol. The molecule has 2 rings (SSSR count). The van der Waals surface area contributed by atoms with E-state index in [0.717, 1.165) is 23.8 Å². The third-order valence-corrected chi connectivity index (χ3v) is 3.49. The van der Waals surface area contributed by atoms with Crippen molar-refractivity contribution in [2.75, 3.05) is 19.0 Å². The van der Waals surface area contributed by atoms with Crippen molar-refractivity contribution < 1.29 is 14.3 Å². The van der Waals surface area contributed by atoms with Gasteiger partial charge in [0.05, 0.1) is 6.61 Å². The molecule has 120 valence electrons. The lowest BCUT2D eigenvalue weighted by Gasteiger charge is -2.15. The molecule has 0 saturated heterocycles. The molecule has 1 aromatic rings. The molecule has 1 atom stereocenters. The summed E-state index contributed by atoms with van der Waals surface area (Å²) in [5.41, 5.74) is 1.89. The van der Waals surface area contributed by atoms with E-state index in [1.807, 2.05) is 24.3 Å². The highest BCUT2D eigenvalue weighted by Crippen LogP contribution is 2.29. The number of ether oxygens (including phenoxy) is 1. The fraction of sp³-hybridized carbons (Fsp3) is 0.500. The minimum absolute atomic E-state index is 0.380. The summed E-state index contributed by atoms with van der Waals surface area (Å²) in [6.07, 6.45) is 2.55. The van der Waals surface area contributed by atoms with Crippen molar-refractivity contribution in [3.63, 3.8) is 0 Å². The Bertz CT molecular complexity index is 529. The Kier molecular flexibility index (Phi) is 5.77. The van der Waals surface area contributed by atoms with Gasteiger partial charge in [-0.2, -0.15) is 0 Å². The largest absolute Gasteiger partial charge is 0.376 e. The Labute approximate surface area is 130 Å². The van der Waals surface area contributed by atoms with Gasteiger partial charge in [0.1, 0.15) is 6.04 Å². The van der Waals surface area contributed by atoms with Crippen LogP contribution >= 0.6 is 0 Å². The first-order chi connectivity index (χ1) is 10.6.